The number of nitrogens with zero attached hydrogens (tertiary/aromatic N) is 2. The Balaban J connectivity index is 1.90. The van der Waals surface area contributed by atoms with Crippen molar-refractivity contribution < 1.29 is 4.79 Å². The first-order valence-electron chi connectivity index (χ1n) is 7.53. The van der Waals surface area contributed by atoms with Gasteiger partial charge in [0, 0.05) is 42.9 Å². The summed E-state index contributed by atoms with van der Waals surface area (Å²) in [5.41, 5.74) is 3.52. The van der Waals surface area contributed by atoms with Gasteiger partial charge in [0.05, 0.1) is 5.69 Å². The van der Waals surface area contributed by atoms with E-state index in [9.17, 15) is 4.79 Å². The van der Waals surface area contributed by atoms with Crippen molar-refractivity contribution in [1.82, 2.24) is 20.4 Å². The van der Waals surface area contributed by atoms with Gasteiger partial charge in [-0.25, -0.2) is 0 Å². The molecule has 0 bridgehead atoms. The number of rotatable bonds is 7. The molecule has 0 radical (unpaired) electrons. The first-order chi connectivity index (χ1) is 9.47. The van der Waals surface area contributed by atoms with Crippen LogP contribution in [0.1, 0.15) is 50.1 Å². The molecular formula is C15H26N4O. The van der Waals surface area contributed by atoms with Crippen LogP contribution in [-0.2, 0) is 17.9 Å². The molecule has 0 saturated heterocycles. The van der Waals surface area contributed by atoms with Gasteiger partial charge < -0.3 is 10.6 Å². The molecule has 0 aromatic carbocycles. The van der Waals surface area contributed by atoms with Crippen molar-refractivity contribution >= 4 is 5.91 Å². The Bertz CT molecular complexity index is 474. The molecule has 0 aliphatic heterocycles. The van der Waals surface area contributed by atoms with E-state index >= 15 is 0 Å². The van der Waals surface area contributed by atoms with Gasteiger partial charge in [-0.2, -0.15) is 5.10 Å². The number of aromatic nitrogens is 2. The molecule has 2 rings (SSSR count). The smallest absolute Gasteiger partial charge is 0.222 e. The molecule has 1 aliphatic rings. The third-order valence-electron chi connectivity index (χ3n) is 3.68. The fourth-order valence-corrected chi connectivity index (χ4v) is 2.34. The average Bonchev–Trinajstić information content (AvgIpc) is 3.13. The molecule has 0 atom stereocenters. The van der Waals surface area contributed by atoms with Gasteiger partial charge >= 0.3 is 0 Å². The molecule has 1 amide bonds. The standard InChI is InChI=1S/C15H26N4O/c1-10(2)17-15(20)7-8-19-12(4)14(11(3)18-19)9-16-13-5-6-13/h10,13,16H,5-9H2,1-4H3,(H,17,20). The highest BCUT2D eigenvalue weighted by atomic mass is 16.1. The number of nitrogens with one attached hydrogen (secondary N) is 2. The SMILES string of the molecule is Cc1nn(CCC(=O)NC(C)C)c(C)c1CNC1CC1. The number of aryl methyl sites for hydroxylation is 2. The van der Waals surface area contributed by atoms with Gasteiger partial charge in [0.15, 0.2) is 0 Å². The van der Waals surface area contributed by atoms with Crippen molar-refractivity contribution in [1.29, 1.82) is 0 Å². The zero-order valence-corrected chi connectivity index (χ0v) is 13.0. The Morgan fingerprint density at radius 3 is 2.70 bits per heavy atom. The van der Waals surface area contributed by atoms with E-state index in [1.54, 1.807) is 0 Å². The minimum Gasteiger partial charge on any atom is -0.354 e. The molecular weight excluding hydrogens is 252 g/mol. The largest absolute Gasteiger partial charge is 0.354 e. The van der Waals surface area contributed by atoms with E-state index in [1.165, 1.54) is 24.1 Å². The van der Waals surface area contributed by atoms with Crippen LogP contribution in [0.15, 0.2) is 0 Å². The van der Waals surface area contributed by atoms with Crippen LogP contribution in [-0.4, -0.2) is 27.8 Å². The molecule has 0 spiro atoms. The fourth-order valence-electron chi connectivity index (χ4n) is 2.34. The molecule has 1 aromatic heterocycles. The lowest BCUT2D eigenvalue weighted by Crippen LogP contribution is -2.30. The second kappa shape index (κ2) is 6.39. The minimum absolute atomic E-state index is 0.0882. The Morgan fingerprint density at radius 1 is 1.40 bits per heavy atom. The van der Waals surface area contributed by atoms with Crippen LogP contribution in [0, 0.1) is 13.8 Å². The van der Waals surface area contributed by atoms with E-state index in [1.807, 2.05) is 25.5 Å². The third kappa shape index (κ3) is 4.07. The molecule has 2 N–H and O–H groups in total. The molecule has 112 valence electrons. The van der Waals surface area contributed by atoms with Crippen LogP contribution >= 0.6 is 0 Å². The maximum absolute atomic E-state index is 11.7. The Hall–Kier alpha value is -1.36. The van der Waals surface area contributed by atoms with E-state index in [4.69, 9.17) is 0 Å². The molecule has 20 heavy (non-hydrogen) atoms. The maximum atomic E-state index is 11.7. The number of carbonyl (C=O) groups excluding carboxylic acids is 1. The van der Waals surface area contributed by atoms with Crippen molar-refractivity contribution in [3.63, 3.8) is 0 Å². The van der Waals surface area contributed by atoms with Crippen molar-refractivity contribution in [2.75, 3.05) is 0 Å². The lowest BCUT2D eigenvalue weighted by Gasteiger charge is -2.09. The van der Waals surface area contributed by atoms with Gasteiger partial charge in [0.1, 0.15) is 0 Å². The quantitative estimate of drug-likeness (QED) is 0.797. The van der Waals surface area contributed by atoms with Crippen LogP contribution in [0.3, 0.4) is 0 Å². The average molecular weight is 278 g/mol. The predicted molar refractivity (Wildman–Crippen MR) is 79.5 cm³/mol. The van der Waals surface area contributed by atoms with E-state index < -0.39 is 0 Å². The summed E-state index contributed by atoms with van der Waals surface area (Å²) >= 11 is 0. The highest BCUT2D eigenvalue weighted by Gasteiger charge is 2.21. The molecule has 0 unspecified atom stereocenters. The van der Waals surface area contributed by atoms with Crippen molar-refractivity contribution in [3.05, 3.63) is 17.0 Å². The highest BCUT2D eigenvalue weighted by molar-refractivity contribution is 5.76. The summed E-state index contributed by atoms with van der Waals surface area (Å²) < 4.78 is 1.96. The van der Waals surface area contributed by atoms with Gasteiger partial charge in [0.2, 0.25) is 5.91 Å². The number of carbonyl (C=O) groups is 1. The summed E-state index contributed by atoms with van der Waals surface area (Å²) in [5, 5.41) is 11.0. The van der Waals surface area contributed by atoms with E-state index in [0.717, 1.165) is 12.2 Å². The lowest BCUT2D eigenvalue weighted by molar-refractivity contribution is -0.121. The maximum Gasteiger partial charge on any atom is 0.222 e. The minimum atomic E-state index is 0.0882. The van der Waals surface area contributed by atoms with Crippen LogP contribution in [0.5, 0.6) is 0 Å². The molecule has 1 fully saturated rings. The Kier molecular flexibility index (Phi) is 4.81. The van der Waals surface area contributed by atoms with Gasteiger partial charge in [-0.1, -0.05) is 0 Å². The molecule has 1 heterocycles. The van der Waals surface area contributed by atoms with Crippen LogP contribution < -0.4 is 10.6 Å². The summed E-state index contributed by atoms with van der Waals surface area (Å²) in [6.45, 7) is 9.62. The lowest BCUT2D eigenvalue weighted by atomic mass is 10.2. The summed E-state index contributed by atoms with van der Waals surface area (Å²) in [6, 6.07) is 0.898. The van der Waals surface area contributed by atoms with Gasteiger partial charge in [-0.05, 0) is 40.5 Å². The van der Waals surface area contributed by atoms with E-state index in [-0.39, 0.29) is 11.9 Å². The van der Waals surface area contributed by atoms with Crippen molar-refractivity contribution in [2.24, 2.45) is 0 Å². The Labute approximate surface area is 121 Å². The first kappa shape index (κ1) is 15.0. The molecule has 5 heteroatoms. The summed E-state index contributed by atoms with van der Waals surface area (Å²) in [7, 11) is 0. The number of hydrogen-bond acceptors (Lipinski definition) is 3. The summed E-state index contributed by atoms with van der Waals surface area (Å²) in [6.07, 6.45) is 3.07. The van der Waals surface area contributed by atoms with Gasteiger partial charge in [-0.15, -0.1) is 0 Å². The van der Waals surface area contributed by atoms with Crippen LogP contribution in [0.25, 0.3) is 0 Å². The first-order valence-corrected chi connectivity index (χ1v) is 7.53. The van der Waals surface area contributed by atoms with Crippen LogP contribution in [0.4, 0.5) is 0 Å². The van der Waals surface area contributed by atoms with E-state index in [0.29, 0.717) is 19.0 Å². The Morgan fingerprint density at radius 2 is 2.10 bits per heavy atom. The molecule has 5 nitrogen and oxygen atoms in total. The molecule has 1 saturated carbocycles. The van der Waals surface area contributed by atoms with Gasteiger partial charge in [-0.3, -0.25) is 9.48 Å². The number of amides is 1. The normalized spacial score (nSPS) is 14.8. The summed E-state index contributed by atoms with van der Waals surface area (Å²) in [5.74, 6) is 0.0882. The monoisotopic (exact) mass is 278 g/mol. The van der Waals surface area contributed by atoms with Crippen LogP contribution in [0.2, 0.25) is 0 Å². The fraction of sp³-hybridized carbons (Fsp3) is 0.733. The second-order valence-corrected chi connectivity index (χ2v) is 6.00. The second-order valence-electron chi connectivity index (χ2n) is 6.00. The van der Waals surface area contributed by atoms with Gasteiger partial charge in [0.25, 0.3) is 0 Å². The number of hydrogen-bond donors (Lipinski definition) is 2. The van der Waals surface area contributed by atoms with E-state index in [2.05, 4.69) is 22.7 Å². The molecule has 1 aliphatic carbocycles. The molecule has 1 aromatic rings. The van der Waals surface area contributed by atoms with Crippen molar-refractivity contribution in [3.8, 4) is 0 Å². The third-order valence-corrected chi connectivity index (χ3v) is 3.68. The van der Waals surface area contributed by atoms with Crippen molar-refractivity contribution in [2.45, 2.75) is 72.1 Å². The zero-order valence-electron chi connectivity index (χ0n) is 13.0. The summed E-state index contributed by atoms with van der Waals surface area (Å²) in [4.78, 5) is 11.7. The topological polar surface area (TPSA) is 59.0 Å². The zero-order chi connectivity index (χ0) is 14.7. The highest BCUT2D eigenvalue weighted by Crippen LogP contribution is 2.21. The predicted octanol–water partition coefficient (Wildman–Crippen LogP) is 1.67.